The predicted octanol–water partition coefficient (Wildman–Crippen LogP) is 3.06. The lowest BCUT2D eigenvalue weighted by Crippen LogP contribution is -2.13. The number of unbranched alkanes of at least 4 members (excludes halogenated alkanes) is 4. The molecule has 0 aromatic carbocycles. The van der Waals surface area contributed by atoms with Crippen LogP contribution in [0, 0.1) is 0 Å². The molecule has 0 rings (SSSR count). The van der Waals surface area contributed by atoms with Crippen molar-refractivity contribution >= 4 is 24.2 Å². The van der Waals surface area contributed by atoms with Crippen LogP contribution in [0.15, 0.2) is 0 Å². The van der Waals surface area contributed by atoms with Crippen LogP contribution in [0.2, 0.25) is 0 Å². The molecule has 0 spiro atoms. The number of esters is 2. The quantitative estimate of drug-likeness (QED) is 0.188. The minimum atomic E-state index is -0.878. The van der Waals surface area contributed by atoms with Crippen molar-refractivity contribution in [1.29, 1.82) is 0 Å². The highest BCUT2D eigenvalue weighted by atomic mass is 16.8. The molecule has 0 aliphatic carbocycles. The second kappa shape index (κ2) is 16.9. The van der Waals surface area contributed by atoms with Crippen LogP contribution in [0.5, 0.6) is 0 Å². The SMILES string of the molecule is CCOC(=O)OCOC(=O)CCCCCCCC(=O)OCOC(=O)OCC. The highest BCUT2D eigenvalue weighted by Crippen LogP contribution is 2.08. The summed E-state index contributed by atoms with van der Waals surface area (Å²) in [6.45, 7) is 2.73. The van der Waals surface area contributed by atoms with E-state index in [9.17, 15) is 19.2 Å². The van der Waals surface area contributed by atoms with Gasteiger partial charge >= 0.3 is 24.2 Å². The Labute approximate surface area is 158 Å². The van der Waals surface area contributed by atoms with Gasteiger partial charge in [0.1, 0.15) is 0 Å². The molecule has 0 aliphatic heterocycles. The fraction of sp³-hybridized carbons (Fsp3) is 0.765. The summed E-state index contributed by atoms with van der Waals surface area (Å²) in [5.41, 5.74) is 0. The number of carbonyl (C=O) groups is 4. The summed E-state index contributed by atoms with van der Waals surface area (Å²) in [6.07, 6.45) is 2.40. The summed E-state index contributed by atoms with van der Waals surface area (Å²) in [4.78, 5) is 44.5. The van der Waals surface area contributed by atoms with Crippen LogP contribution in [0.1, 0.15) is 58.8 Å². The van der Waals surface area contributed by atoms with E-state index in [1.54, 1.807) is 13.8 Å². The molecule has 0 radical (unpaired) electrons. The molecule has 27 heavy (non-hydrogen) atoms. The van der Waals surface area contributed by atoms with Crippen molar-refractivity contribution in [2.75, 3.05) is 26.8 Å². The van der Waals surface area contributed by atoms with E-state index in [-0.39, 0.29) is 26.1 Å². The smallest absolute Gasteiger partial charge is 0.435 e. The minimum Gasteiger partial charge on any atom is -0.435 e. The van der Waals surface area contributed by atoms with Gasteiger partial charge in [-0.3, -0.25) is 9.59 Å². The zero-order chi connectivity index (χ0) is 20.3. The van der Waals surface area contributed by atoms with E-state index in [4.69, 9.17) is 9.47 Å². The van der Waals surface area contributed by atoms with Crippen molar-refractivity contribution in [2.24, 2.45) is 0 Å². The normalized spacial score (nSPS) is 9.85. The largest absolute Gasteiger partial charge is 0.511 e. The van der Waals surface area contributed by atoms with Crippen LogP contribution in [-0.4, -0.2) is 51.0 Å². The third kappa shape index (κ3) is 16.7. The fourth-order valence-electron chi connectivity index (χ4n) is 1.82. The number of hydrogen-bond donors (Lipinski definition) is 0. The summed E-state index contributed by atoms with van der Waals surface area (Å²) in [5.74, 6) is -0.908. The topological polar surface area (TPSA) is 124 Å². The first-order valence-electron chi connectivity index (χ1n) is 8.89. The van der Waals surface area contributed by atoms with Gasteiger partial charge in [0.15, 0.2) is 0 Å². The van der Waals surface area contributed by atoms with Crippen molar-refractivity contribution in [3.05, 3.63) is 0 Å². The molecule has 10 nitrogen and oxygen atoms in total. The predicted molar refractivity (Wildman–Crippen MR) is 90.5 cm³/mol. The molecule has 0 amide bonds. The molecular formula is C17H28O10. The summed E-state index contributed by atoms with van der Waals surface area (Å²) >= 11 is 0. The zero-order valence-electron chi connectivity index (χ0n) is 15.9. The first-order valence-corrected chi connectivity index (χ1v) is 8.89. The van der Waals surface area contributed by atoms with E-state index in [0.29, 0.717) is 12.8 Å². The molecule has 0 heterocycles. The monoisotopic (exact) mass is 392 g/mol. The Morgan fingerprint density at radius 3 is 1.26 bits per heavy atom. The van der Waals surface area contributed by atoms with Crippen LogP contribution >= 0.6 is 0 Å². The molecule has 0 bridgehead atoms. The van der Waals surface area contributed by atoms with Crippen LogP contribution < -0.4 is 0 Å². The van der Waals surface area contributed by atoms with Gasteiger partial charge < -0.3 is 28.4 Å². The maximum absolute atomic E-state index is 11.4. The van der Waals surface area contributed by atoms with Crippen LogP contribution in [0.4, 0.5) is 9.59 Å². The maximum atomic E-state index is 11.4. The number of ether oxygens (including phenoxy) is 6. The summed E-state index contributed by atoms with van der Waals surface area (Å²) in [5, 5.41) is 0. The molecule has 0 N–H and O–H groups in total. The van der Waals surface area contributed by atoms with Crippen molar-refractivity contribution < 1.29 is 47.6 Å². The fourth-order valence-corrected chi connectivity index (χ4v) is 1.82. The van der Waals surface area contributed by atoms with Gasteiger partial charge in [0.25, 0.3) is 0 Å². The average molecular weight is 392 g/mol. The number of rotatable bonds is 14. The van der Waals surface area contributed by atoms with Gasteiger partial charge in [-0.15, -0.1) is 0 Å². The molecule has 0 saturated heterocycles. The van der Waals surface area contributed by atoms with E-state index in [1.165, 1.54) is 0 Å². The van der Waals surface area contributed by atoms with Gasteiger partial charge in [0, 0.05) is 12.8 Å². The first-order chi connectivity index (χ1) is 13.0. The third-order valence-corrected chi connectivity index (χ3v) is 3.08. The zero-order valence-corrected chi connectivity index (χ0v) is 15.9. The molecule has 0 saturated carbocycles. The molecule has 10 heteroatoms. The molecule has 0 atom stereocenters. The number of carbonyl (C=O) groups excluding carboxylic acids is 4. The highest BCUT2D eigenvalue weighted by molar-refractivity contribution is 5.69. The van der Waals surface area contributed by atoms with Gasteiger partial charge in [-0.25, -0.2) is 9.59 Å². The Kier molecular flexibility index (Phi) is 15.3. The van der Waals surface area contributed by atoms with Crippen molar-refractivity contribution in [3.8, 4) is 0 Å². The van der Waals surface area contributed by atoms with Gasteiger partial charge in [0.2, 0.25) is 13.6 Å². The summed E-state index contributed by atoms with van der Waals surface area (Å²) in [6, 6.07) is 0. The molecule has 0 aliphatic rings. The molecule has 0 unspecified atom stereocenters. The molecule has 156 valence electrons. The van der Waals surface area contributed by atoms with E-state index < -0.39 is 37.8 Å². The lowest BCUT2D eigenvalue weighted by atomic mass is 10.1. The van der Waals surface area contributed by atoms with Gasteiger partial charge in [0.05, 0.1) is 13.2 Å². The summed E-state index contributed by atoms with van der Waals surface area (Å²) in [7, 11) is 0. The van der Waals surface area contributed by atoms with Crippen LogP contribution in [0.3, 0.4) is 0 Å². The second-order valence-electron chi connectivity index (χ2n) is 5.19. The first kappa shape index (κ1) is 24.5. The Bertz CT molecular complexity index is 409. The Balaban J connectivity index is 3.43. The molecular weight excluding hydrogens is 364 g/mol. The molecule has 0 aromatic rings. The van der Waals surface area contributed by atoms with Gasteiger partial charge in [-0.2, -0.15) is 0 Å². The van der Waals surface area contributed by atoms with Crippen LogP contribution in [0.25, 0.3) is 0 Å². The molecule has 0 aromatic heterocycles. The van der Waals surface area contributed by atoms with Gasteiger partial charge in [-0.1, -0.05) is 19.3 Å². The lowest BCUT2D eigenvalue weighted by Gasteiger charge is -2.06. The lowest BCUT2D eigenvalue weighted by molar-refractivity contribution is -0.154. The van der Waals surface area contributed by atoms with Crippen molar-refractivity contribution in [1.82, 2.24) is 0 Å². The van der Waals surface area contributed by atoms with E-state index >= 15 is 0 Å². The summed E-state index contributed by atoms with van der Waals surface area (Å²) < 4.78 is 27.5. The van der Waals surface area contributed by atoms with Crippen molar-refractivity contribution in [2.45, 2.75) is 58.8 Å². The average Bonchev–Trinajstić information content (AvgIpc) is 2.61. The van der Waals surface area contributed by atoms with E-state index in [0.717, 1.165) is 19.3 Å². The Morgan fingerprint density at radius 1 is 0.519 bits per heavy atom. The van der Waals surface area contributed by atoms with Gasteiger partial charge in [-0.05, 0) is 26.7 Å². The number of hydrogen-bond acceptors (Lipinski definition) is 10. The van der Waals surface area contributed by atoms with Crippen molar-refractivity contribution in [3.63, 3.8) is 0 Å². The molecule has 0 fully saturated rings. The van der Waals surface area contributed by atoms with Crippen LogP contribution in [-0.2, 0) is 38.0 Å². The maximum Gasteiger partial charge on any atom is 0.511 e. The Hall–Kier alpha value is -2.52. The second-order valence-corrected chi connectivity index (χ2v) is 5.19. The van der Waals surface area contributed by atoms with E-state index in [2.05, 4.69) is 18.9 Å². The Morgan fingerprint density at radius 2 is 0.889 bits per heavy atom. The third-order valence-electron chi connectivity index (χ3n) is 3.08. The standard InChI is InChI=1S/C17H28O10/c1-3-22-16(20)26-12-24-14(18)10-8-6-5-7-9-11-15(19)25-13-27-17(21)23-4-2/h3-13H2,1-2H3. The van der Waals surface area contributed by atoms with E-state index in [1.807, 2.05) is 0 Å². The highest BCUT2D eigenvalue weighted by Gasteiger charge is 2.08. The minimum absolute atomic E-state index is 0.186.